The predicted octanol–water partition coefficient (Wildman–Crippen LogP) is 0.362. The van der Waals surface area contributed by atoms with Gasteiger partial charge in [-0.05, 0) is 18.8 Å². The molecule has 2 amide bonds. The van der Waals surface area contributed by atoms with Gasteiger partial charge in [0.1, 0.15) is 6.04 Å². The highest BCUT2D eigenvalue weighted by atomic mass is 32.2. The topological polar surface area (TPSA) is 113 Å². The zero-order valence-corrected chi connectivity index (χ0v) is 12.6. The van der Waals surface area contributed by atoms with Crippen LogP contribution >= 0.6 is 0 Å². The lowest BCUT2D eigenvalue weighted by atomic mass is 9.99. The van der Waals surface area contributed by atoms with E-state index in [-0.39, 0.29) is 17.4 Å². The van der Waals surface area contributed by atoms with Crippen LogP contribution in [0.2, 0.25) is 0 Å². The van der Waals surface area contributed by atoms with Gasteiger partial charge in [-0.1, -0.05) is 20.3 Å². The SMILES string of the molecule is CCC(C)[C@H](NC(=O)NC1CCCS(=O)(=O)C1)C(=O)O. The van der Waals surface area contributed by atoms with E-state index in [1.807, 2.05) is 6.92 Å². The average Bonchev–Trinajstić information content (AvgIpc) is 2.33. The van der Waals surface area contributed by atoms with E-state index in [1.54, 1.807) is 6.92 Å². The molecule has 7 nitrogen and oxygen atoms in total. The Kier molecular flexibility index (Phi) is 5.79. The number of hydrogen-bond donors (Lipinski definition) is 3. The lowest BCUT2D eigenvalue weighted by Crippen LogP contribution is -2.53. The molecule has 2 unspecified atom stereocenters. The van der Waals surface area contributed by atoms with Crippen molar-refractivity contribution < 1.29 is 23.1 Å². The van der Waals surface area contributed by atoms with Crippen LogP contribution in [0.25, 0.3) is 0 Å². The lowest BCUT2D eigenvalue weighted by Gasteiger charge is -2.25. The number of sulfone groups is 1. The molecule has 0 radical (unpaired) electrons. The molecule has 0 aromatic carbocycles. The molecule has 20 heavy (non-hydrogen) atoms. The van der Waals surface area contributed by atoms with Crippen LogP contribution < -0.4 is 10.6 Å². The first kappa shape index (κ1) is 16.7. The zero-order valence-electron chi connectivity index (χ0n) is 11.8. The molecule has 0 aromatic rings. The van der Waals surface area contributed by atoms with E-state index in [9.17, 15) is 18.0 Å². The second-order valence-electron chi connectivity index (χ2n) is 5.27. The molecule has 1 saturated heterocycles. The maximum absolute atomic E-state index is 11.8. The Morgan fingerprint density at radius 3 is 2.55 bits per heavy atom. The minimum Gasteiger partial charge on any atom is -0.480 e. The Hall–Kier alpha value is -1.31. The predicted molar refractivity (Wildman–Crippen MR) is 74.2 cm³/mol. The molecule has 116 valence electrons. The fraction of sp³-hybridized carbons (Fsp3) is 0.833. The smallest absolute Gasteiger partial charge is 0.326 e. The molecule has 8 heteroatoms. The van der Waals surface area contributed by atoms with Crippen molar-refractivity contribution >= 4 is 21.8 Å². The second-order valence-corrected chi connectivity index (χ2v) is 7.50. The molecule has 0 spiro atoms. The Balaban J connectivity index is 2.56. The fourth-order valence-corrected chi connectivity index (χ4v) is 3.82. The van der Waals surface area contributed by atoms with Crippen molar-refractivity contribution in [1.29, 1.82) is 0 Å². The number of nitrogens with one attached hydrogen (secondary N) is 2. The summed E-state index contributed by atoms with van der Waals surface area (Å²) in [5, 5.41) is 14.0. The van der Waals surface area contributed by atoms with Gasteiger partial charge in [0.05, 0.1) is 11.5 Å². The Morgan fingerprint density at radius 1 is 1.40 bits per heavy atom. The highest BCUT2D eigenvalue weighted by Gasteiger charge is 2.29. The third-order valence-corrected chi connectivity index (χ3v) is 5.38. The summed E-state index contributed by atoms with van der Waals surface area (Å²) in [5.41, 5.74) is 0. The number of amides is 2. The molecule has 0 saturated carbocycles. The molecular formula is C12H22N2O5S. The molecule has 3 atom stereocenters. The zero-order chi connectivity index (χ0) is 15.3. The summed E-state index contributed by atoms with van der Waals surface area (Å²) in [6.07, 6.45) is 1.73. The summed E-state index contributed by atoms with van der Waals surface area (Å²) in [7, 11) is -3.10. The van der Waals surface area contributed by atoms with E-state index in [4.69, 9.17) is 5.11 Å². The molecule has 1 aliphatic rings. The van der Waals surface area contributed by atoms with Gasteiger partial charge < -0.3 is 15.7 Å². The molecule has 1 aliphatic heterocycles. The third-order valence-electron chi connectivity index (χ3n) is 3.56. The van der Waals surface area contributed by atoms with Crippen molar-refractivity contribution in [3.63, 3.8) is 0 Å². The first-order valence-electron chi connectivity index (χ1n) is 6.75. The van der Waals surface area contributed by atoms with E-state index < -0.39 is 33.9 Å². The summed E-state index contributed by atoms with van der Waals surface area (Å²) >= 11 is 0. The monoisotopic (exact) mass is 306 g/mol. The van der Waals surface area contributed by atoms with Gasteiger partial charge >= 0.3 is 12.0 Å². The summed E-state index contributed by atoms with van der Waals surface area (Å²) < 4.78 is 22.9. The molecule has 1 fully saturated rings. The maximum Gasteiger partial charge on any atom is 0.326 e. The average molecular weight is 306 g/mol. The number of carboxylic acids is 1. The van der Waals surface area contributed by atoms with Crippen LogP contribution in [-0.4, -0.2) is 49.1 Å². The van der Waals surface area contributed by atoms with E-state index in [0.29, 0.717) is 19.3 Å². The second kappa shape index (κ2) is 6.92. The van der Waals surface area contributed by atoms with E-state index in [1.165, 1.54) is 0 Å². The fourth-order valence-electron chi connectivity index (χ4n) is 2.19. The number of rotatable bonds is 5. The van der Waals surface area contributed by atoms with Crippen molar-refractivity contribution in [3.05, 3.63) is 0 Å². The molecule has 0 bridgehead atoms. The van der Waals surface area contributed by atoms with Gasteiger partial charge in [-0.25, -0.2) is 18.0 Å². The number of aliphatic carboxylic acids is 1. The van der Waals surface area contributed by atoms with Crippen molar-refractivity contribution in [1.82, 2.24) is 10.6 Å². The van der Waals surface area contributed by atoms with E-state index in [0.717, 1.165) is 0 Å². The van der Waals surface area contributed by atoms with Gasteiger partial charge in [0.25, 0.3) is 0 Å². The molecular weight excluding hydrogens is 284 g/mol. The van der Waals surface area contributed by atoms with Crippen molar-refractivity contribution in [2.45, 2.75) is 45.2 Å². The Labute approximate surface area is 119 Å². The summed E-state index contributed by atoms with van der Waals surface area (Å²) in [5.74, 6) is -1.22. The lowest BCUT2D eigenvalue weighted by molar-refractivity contribution is -0.140. The third kappa shape index (κ3) is 4.99. The summed E-state index contributed by atoms with van der Waals surface area (Å²) in [6.45, 7) is 3.58. The standard InChI is InChI=1S/C12H22N2O5S/c1-3-8(2)10(11(15)16)14-12(17)13-9-5-4-6-20(18,19)7-9/h8-10H,3-7H2,1-2H3,(H,15,16)(H2,13,14,17)/t8?,9?,10-/m0/s1. The van der Waals surface area contributed by atoms with Gasteiger partial charge in [-0.3, -0.25) is 0 Å². The van der Waals surface area contributed by atoms with Crippen LogP contribution in [0.4, 0.5) is 4.79 Å². The molecule has 1 heterocycles. The van der Waals surface area contributed by atoms with E-state index >= 15 is 0 Å². The maximum atomic E-state index is 11.8. The van der Waals surface area contributed by atoms with Crippen LogP contribution in [0, 0.1) is 5.92 Å². The first-order valence-corrected chi connectivity index (χ1v) is 8.57. The minimum absolute atomic E-state index is 0.0819. The van der Waals surface area contributed by atoms with Crippen LogP contribution in [0.15, 0.2) is 0 Å². The highest BCUT2D eigenvalue weighted by molar-refractivity contribution is 7.91. The summed E-state index contributed by atoms with van der Waals surface area (Å²) in [4.78, 5) is 22.9. The number of carbonyl (C=O) groups is 2. The Bertz CT molecular complexity index is 462. The van der Waals surface area contributed by atoms with Crippen molar-refractivity contribution in [2.24, 2.45) is 5.92 Å². The van der Waals surface area contributed by atoms with Crippen molar-refractivity contribution in [2.75, 3.05) is 11.5 Å². The molecule has 0 aromatic heterocycles. The van der Waals surface area contributed by atoms with Gasteiger partial charge in [0.2, 0.25) is 0 Å². The number of carbonyl (C=O) groups excluding carboxylic acids is 1. The minimum atomic E-state index is -3.10. The van der Waals surface area contributed by atoms with Crippen LogP contribution in [0.1, 0.15) is 33.1 Å². The van der Waals surface area contributed by atoms with Gasteiger partial charge in [0.15, 0.2) is 9.84 Å². The molecule has 0 aliphatic carbocycles. The quantitative estimate of drug-likeness (QED) is 0.679. The molecule has 3 N–H and O–H groups in total. The Morgan fingerprint density at radius 2 is 2.05 bits per heavy atom. The number of hydrogen-bond acceptors (Lipinski definition) is 4. The van der Waals surface area contributed by atoms with Crippen LogP contribution in [-0.2, 0) is 14.6 Å². The summed E-state index contributed by atoms with van der Waals surface area (Å²) in [6, 6.07) is -2.04. The number of urea groups is 1. The van der Waals surface area contributed by atoms with Crippen LogP contribution in [0.3, 0.4) is 0 Å². The van der Waals surface area contributed by atoms with Gasteiger partial charge in [-0.2, -0.15) is 0 Å². The van der Waals surface area contributed by atoms with Crippen molar-refractivity contribution in [3.8, 4) is 0 Å². The van der Waals surface area contributed by atoms with E-state index in [2.05, 4.69) is 10.6 Å². The normalized spacial score (nSPS) is 24.4. The van der Waals surface area contributed by atoms with Crippen LogP contribution in [0.5, 0.6) is 0 Å². The highest BCUT2D eigenvalue weighted by Crippen LogP contribution is 2.12. The first-order chi connectivity index (χ1) is 9.25. The number of carboxylic acid groups (broad SMARTS) is 1. The van der Waals surface area contributed by atoms with Gasteiger partial charge in [-0.15, -0.1) is 0 Å². The molecule has 1 rings (SSSR count). The van der Waals surface area contributed by atoms with Gasteiger partial charge in [0, 0.05) is 6.04 Å². The largest absolute Gasteiger partial charge is 0.480 e.